The average molecular weight is 413 g/mol. The molecule has 2 atom stereocenters. The van der Waals surface area contributed by atoms with E-state index in [9.17, 15) is 19.8 Å². The maximum Gasteiger partial charge on any atom is 0.527 e. The van der Waals surface area contributed by atoms with Gasteiger partial charge in [-0.1, -0.05) is 48.5 Å². The molecule has 3 rings (SSSR count). The molecule has 0 unspecified atom stereocenters. The first-order chi connectivity index (χ1) is 14.1. The second-order valence-electron chi connectivity index (χ2n) is 8.40. The summed E-state index contributed by atoms with van der Waals surface area (Å²) in [5.41, 5.74) is 3.46. The molecule has 2 aromatic carbocycles. The molecule has 0 spiro atoms. The number of aliphatic hydroxyl groups is 1. The number of carboxylic acids is 1. The average Bonchev–Trinajstić information content (AvgIpc) is 2.98. The highest BCUT2D eigenvalue weighted by Gasteiger charge is 2.41. The molecule has 0 aliphatic heterocycles. The van der Waals surface area contributed by atoms with Gasteiger partial charge in [0.05, 0.1) is 6.10 Å². The van der Waals surface area contributed by atoms with Crippen molar-refractivity contribution in [2.75, 3.05) is 6.61 Å². The largest absolute Gasteiger partial charge is 0.527 e. The number of hydrogen-bond acceptors (Lipinski definition) is 6. The van der Waals surface area contributed by atoms with E-state index < -0.39 is 29.8 Å². The lowest BCUT2D eigenvalue weighted by atomic mass is 9.98. The first-order valence-corrected chi connectivity index (χ1v) is 9.84. The molecule has 0 heterocycles. The fourth-order valence-electron chi connectivity index (χ4n) is 3.81. The van der Waals surface area contributed by atoms with Crippen LogP contribution in [-0.2, 0) is 14.4 Å². The Morgan fingerprint density at radius 3 is 1.97 bits per heavy atom. The van der Waals surface area contributed by atoms with Crippen LogP contribution in [0.2, 0.25) is 0 Å². The third-order valence-electron chi connectivity index (χ3n) is 5.13. The molecule has 0 radical (unpaired) electrons. The quantitative estimate of drug-likeness (QED) is 0.549. The molecule has 0 amide bonds. The molecule has 0 saturated heterocycles. The van der Waals surface area contributed by atoms with Gasteiger partial charge in [-0.05, 0) is 49.9 Å². The van der Waals surface area contributed by atoms with E-state index in [2.05, 4.69) is 0 Å². The van der Waals surface area contributed by atoms with Crippen LogP contribution in [0.3, 0.4) is 0 Å². The highest BCUT2D eigenvalue weighted by atomic mass is 16.8. The van der Waals surface area contributed by atoms with E-state index in [1.54, 1.807) is 20.8 Å². The van der Waals surface area contributed by atoms with Gasteiger partial charge in [-0.25, -0.2) is 4.79 Å². The van der Waals surface area contributed by atoms with E-state index in [0.29, 0.717) is 0 Å². The monoisotopic (exact) mass is 413 g/mol. The Morgan fingerprint density at radius 2 is 1.53 bits per heavy atom. The van der Waals surface area contributed by atoms with Crippen molar-refractivity contribution >= 4 is 12.1 Å². The van der Waals surface area contributed by atoms with Crippen LogP contribution in [0.1, 0.15) is 44.7 Å². The van der Waals surface area contributed by atoms with Crippen molar-refractivity contribution in [2.45, 2.75) is 51.3 Å². The van der Waals surface area contributed by atoms with Gasteiger partial charge in [0.15, 0.2) is 6.04 Å². The van der Waals surface area contributed by atoms with E-state index in [0.717, 1.165) is 27.3 Å². The van der Waals surface area contributed by atoms with Gasteiger partial charge in [-0.2, -0.15) is 0 Å². The molecular weight excluding hydrogens is 386 g/mol. The third kappa shape index (κ3) is 4.32. The van der Waals surface area contributed by atoms with Crippen LogP contribution in [-0.4, -0.2) is 51.7 Å². The molecule has 0 saturated carbocycles. The topological polar surface area (TPSA) is 96.3 Å². The second-order valence-corrected chi connectivity index (χ2v) is 8.40. The number of carbonyl (C=O) groups is 2. The number of aliphatic carboxylic acids is 1. The lowest BCUT2D eigenvalue weighted by Crippen LogP contribution is -2.56. The van der Waals surface area contributed by atoms with Crippen LogP contribution >= 0.6 is 0 Å². The molecule has 1 aliphatic carbocycles. The lowest BCUT2D eigenvalue weighted by molar-refractivity contribution is -0.224. The summed E-state index contributed by atoms with van der Waals surface area (Å²) in [4.78, 5) is 29.4. The Balaban J connectivity index is 1.76. The van der Waals surface area contributed by atoms with Crippen molar-refractivity contribution in [1.29, 1.82) is 0 Å². The summed E-state index contributed by atoms with van der Waals surface area (Å²) >= 11 is 0. The van der Waals surface area contributed by atoms with Gasteiger partial charge in [-0.3, -0.25) is 4.79 Å². The van der Waals surface area contributed by atoms with Crippen LogP contribution in [0.25, 0.3) is 11.1 Å². The predicted octanol–water partition coefficient (Wildman–Crippen LogP) is 3.80. The molecule has 2 N–H and O–H groups in total. The Labute approximate surface area is 175 Å². The third-order valence-corrected chi connectivity index (χ3v) is 5.13. The highest BCUT2D eigenvalue weighted by molar-refractivity contribution is 5.79. The number of carbonyl (C=O) groups excluding carboxylic acids is 1. The van der Waals surface area contributed by atoms with E-state index in [-0.39, 0.29) is 12.5 Å². The van der Waals surface area contributed by atoms with E-state index >= 15 is 0 Å². The Hall–Kier alpha value is -2.90. The van der Waals surface area contributed by atoms with Gasteiger partial charge in [0.2, 0.25) is 0 Å². The molecule has 30 heavy (non-hydrogen) atoms. The molecule has 7 nitrogen and oxygen atoms in total. The molecule has 2 aromatic rings. The molecule has 160 valence electrons. The summed E-state index contributed by atoms with van der Waals surface area (Å²) in [5, 5.41) is 20.3. The maximum atomic E-state index is 12.5. The summed E-state index contributed by atoms with van der Waals surface area (Å²) in [7, 11) is 0. The van der Waals surface area contributed by atoms with Crippen molar-refractivity contribution in [3.8, 4) is 11.1 Å². The zero-order valence-electron chi connectivity index (χ0n) is 17.5. The number of fused-ring (bicyclic) bond motifs is 3. The minimum Gasteiger partial charge on any atom is -0.480 e. The van der Waals surface area contributed by atoms with Crippen LogP contribution in [0.4, 0.5) is 4.79 Å². The number of hydrogen-bond donors (Lipinski definition) is 2. The first-order valence-electron chi connectivity index (χ1n) is 9.84. The SMILES string of the molecule is C[C@@H](O)[C@H](C(=O)O)N(OC(=O)OCC1c2ccccc2-c2ccccc21)C(C)(C)C. The van der Waals surface area contributed by atoms with Crippen LogP contribution < -0.4 is 0 Å². The minimum atomic E-state index is -1.43. The molecule has 1 aliphatic rings. The number of benzene rings is 2. The maximum absolute atomic E-state index is 12.5. The van der Waals surface area contributed by atoms with E-state index in [1.165, 1.54) is 6.92 Å². The number of aliphatic hydroxyl groups excluding tert-OH is 1. The van der Waals surface area contributed by atoms with Gasteiger partial charge in [0.25, 0.3) is 0 Å². The first kappa shape index (κ1) is 21.8. The number of rotatable bonds is 6. The molecular formula is C23H27NO6. The summed E-state index contributed by atoms with van der Waals surface area (Å²) in [6, 6.07) is 14.5. The number of hydroxylamine groups is 2. The van der Waals surface area contributed by atoms with E-state index in [4.69, 9.17) is 9.57 Å². The second kappa shape index (κ2) is 8.45. The molecule has 0 bridgehead atoms. The van der Waals surface area contributed by atoms with Crippen LogP contribution in [0.15, 0.2) is 48.5 Å². The zero-order valence-corrected chi connectivity index (χ0v) is 17.5. The number of carboxylic acid groups (broad SMARTS) is 1. The Kier molecular flexibility index (Phi) is 6.14. The predicted molar refractivity (Wildman–Crippen MR) is 111 cm³/mol. The van der Waals surface area contributed by atoms with Crippen molar-refractivity contribution in [3.63, 3.8) is 0 Å². The standard InChI is InChI=1S/C23H27NO6/c1-14(25)20(21(26)27)24(23(2,3)4)30-22(28)29-13-19-17-11-7-5-9-15(17)16-10-6-8-12-18(16)19/h5-12,14,19-20,25H,13H2,1-4H3,(H,26,27)/t14-,20-/m1/s1. The summed E-state index contributed by atoms with van der Waals surface area (Å²) in [6.45, 7) is 6.43. The Morgan fingerprint density at radius 1 is 1.03 bits per heavy atom. The van der Waals surface area contributed by atoms with Gasteiger partial charge in [0.1, 0.15) is 6.61 Å². The summed E-state index contributed by atoms with van der Waals surface area (Å²) < 4.78 is 5.40. The van der Waals surface area contributed by atoms with Gasteiger partial charge < -0.3 is 19.8 Å². The number of ether oxygens (including phenoxy) is 1. The van der Waals surface area contributed by atoms with Crippen LogP contribution in [0.5, 0.6) is 0 Å². The van der Waals surface area contributed by atoms with Gasteiger partial charge in [0, 0.05) is 11.5 Å². The zero-order chi connectivity index (χ0) is 22.1. The van der Waals surface area contributed by atoms with Crippen molar-refractivity contribution in [3.05, 3.63) is 59.7 Å². The minimum absolute atomic E-state index is 0.0528. The van der Waals surface area contributed by atoms with Crippen LogP contribution in [0, 0.1) is 0 Å². The Bertz CT molecular complexity index is 888. The summed E-state index contributed by atoms with van der Waals surface area (Å²) in [6.07, 6.45) is -2.28. The fourth-order valence-corrected chi connectivity index (χ4v) is 3.81. The van der Waals surface area contributed by atoms with Gasteiger partial charge >= 0.3 is 12.1 Å². The molecule has 0 fully saturated rings. The molecule has 0 aromatic heterocycles. The van der Waals surface area contributed by atoms with Crippen molar-refractivity contribution in [2.24, 2.45) is 0 Å². The molecule has 7 heteroatoms. The normalized spacial score (nSPS) is 15.3. The smallest absolute Gasteiger partial charge is 0.480 e. The summed E-state index contributed by atoms with van der Waals surface area (Å²) in [5.74, 6) is -1.44. The van der Waals surface area contributed by atoms with Crippen molar-refractivity contribution < 1.29 is 29.4 Å². The van der Waals surface area contributed by atoms with Gasteiger partial charge in [-0.15, -0.1) is 5.06 Å². The van der Waals surface area contributed by atoms with Crippen molar-refractivity contribution in [1.82, 2.24) is 5.06 Å². The fraction of sp³-hybridized carbons (Fsp3) is 0.391. The lowest BCUT2D eigenvalue weighted by Gasteiger charge is -2.37. The number of nitrogens with zero attached hydrogens (tertiary/aromatic N) is 1. The van der Waals surface area contributed by atoms with E-state index in [1.807, 2.05) is 48.5 Å². The highest BCUT2D eigenvalue weighted by Crippen LogP contribution is 2.44.